The Morgan fingerprint density at radius 2 is 1.71 bits per heavy atom. The fourth-order valence-corrected chi connectivity index (χ4v) is 3.39. The average molecular weight is 301 g/mol. The number of ether oxygens (including phenoxy) is 2. The van der Waals surface area contributed by atoms with Gasteiger partial charge in [0, 0.05) is 18.2 Å². The SMILES string of the molecule is CN1C2CCC1CC(Oc1cccc(OC(F)(F)F)c1)C2. The monoisotopic (exact) mass is 301 g/mol. The molecular formula is C15H18F3NO2. The molecule has 2 aliphatic heterocycles. The van der Waals surface area contributed by atoms with Crippen molar-refractivity contribution in [1.82, 2.24) is 4.90 Å². The van der Waals surface area contributed by atoms with E-state index in [0.717, 1.165) is 12.8 Å². The second-order valence-corrected chi connectivity index (χ2v) is 5.78. The molecule has 3 rings (SSSR count). The molecule has 2 heterocycles. The summed E-state index contributed by atoms with van der Waals surface area (Å²) < 4.78 is 46.4. The van der Waals surface area contributed by atoms with Crippen molar-refractivity contribution >= 4 is 0 Å². The Labute approximate surface area is 121 Å². The molecule has 0 aromatic heterocycles. The Kier molecular flexibility index (Phi) is 3.73. The average Bonchev–Trinajstić information content (AvgIpc) is 2.60. The smallest absolute Gasteiger partial charge is 0.490 e. The maximum Gasteiger partial charge on any atom is 0.573 e. The van der Waals surface area contributed by atoms with Crippen LogP contribution in [0.2, 0.25) is 0 Å². The van der Waals surface area contributed by atoms with E-state index in [2.05, 4.69) is 16.7 Å². The molecule has 2 bridgehead atoms. The van der Waals surface area contributed by atoms with Crippen LogP contribution in [0.15, 0.2) is 24.3 Å². The first-order valence-corrected chi connectivity index (χ1v) is 7.15. The van der Waals surface area contributed by atoms with E-state index < -0.39 is 6.36 Å². The maximum atomic E-state index is 12.2. The number of halogens is 3. The Balaban J connectivity index is 1.64. The van der Waals surface area contributed by atoms with E-state index in [9.17, 15) is 13.2 Å². The largest absolute Gasteiger partial charge is 0.573 e. The Morgan fingerprint density at radius 3 is 2.33 bits per heavy atom. The van der Waals surface area contributed by atoms with Gasteiger partial charge < -0.3 is 14.4 Å². The van der Waals surface area contributed by atoms with Gasteiger partial charge in [0.1, 0.15) is 17.6 Å². The summed E-state index contributed by atoms with van der Waals surface area (Å²) in [6.45, 7) is 0. The number of hydrogen-bond acceptors (Lipinski definition) is 3. The molecule has 2 unspecified atom stereocenters. The van der Waals surface area contributed by atoms with Crippen LogP contribution in [-0.2, 0) is 0 Å². The van der Waals surface area contributed by atoms with Crippen LogP contribution < -0.4 is 9.47 Å². The molecule has 1 aromatic carbocycles. The van der Waals surface area contributed by atoms with Crippen molar-refractivity contribution in [2.45, 2.75) is 50.2 Å². The molecule has 0 spiro atoms. The highest BCUT2D eigenvalue weighted by atomic mass is 19.4. The van der Waals surface area contributed by atoms with Crippen LogP contribution in [0.4, 0.5) is 13.2 Å². The lowest BCUT2D eigenvalue weighted by Crippen LogP contribution is -2.43. The minimum atomic E-state index is -4.68. The van der Waals surface area contributed by atoms with Gasteiger partial charge in [0.05, 0.1) is 0 Å². The van der Waals surface area contributed by atoms with Gasteiger partial charge in [-0.15, -0.1) is 13.2 Å². The van der Waals surface area contributed by atoms with E-state index in [0.29, 0.717) is 17.8 Å². The number of benzene rings is 1. The third kappa shape index (κ3) is 3.43. The molecular weight excluding hydrogens is 283 g/mol. The molecule has 2 saturated heterocycles. The summed E-state index contributed by atoms with van der Waals surface area (Å²) in [5.41, 5.74) is 0. The second kappa shape index (κ2) is 5.40. The first-order valence-electron chi connectivity index (χ1n) is 7.15. The summed E-state index contributed by atoms with van der Waals surface area (Å²) >= 11 is 0. The highest BCUT2D eigenvalue weighted by Gasteiger charge is 2.39. The van der Waals surface area contributed by atoms with E-state index in [1.165, 1.54) is 31.0 Å². The molecule has 0 radical (unpaired) electrons. The quantitative estimate of drug-likeness (QED) is 0.851. The van der Waals surface area contributed by atoms with Crippen LogP contribution in [0.25, 0.3) is 0 Å². The fourth-order valence-electron chi connectivity index (χ4n) is 3.39. The summed E-state index contributed by atoms with van der Waals surface area (Å²) in [7, 11) is 2.14. The summed E-state index contributed by atoms with van der Waals surface area (Å²) in [6, 6.07) is 6.82. The van der Waals surface area contributed by atoms with Crippen molar-refractivity contribution in [1.29, 1.82) is 0 Å². The second-order valence-electron chi connectivity index (χ2n) is 5.78. The van der Waals surface area contributed by atoms with E-state index in [1.807, 2.05) is 0 Å². The number of rotatable bonds is 3. The maximum absolute atomic E-state index is 12.2. The third-order valence-electron chi connectivity index (χ3n) is 4.40. The van der Waals surface area contributed by atoms with Crippen molar-refractivity contribution in [3.63, 3.8) is 0 Å². The zero-order valence-corrected chi connectivity index (χ0v) is 11.8. The van der Waals surface area contributed by atoms with Crippen LogP contribution in [0, 0.1) is 0 Å². The summed E-state index contributed by atoms with van der Waals surface area (Å²) in [5, 5.41) is 0. The van der Waals surface area contributed by atoms with E-state index in [-0.39, 0.29) is 11.9 Å². The highest BCUT2D eigenvalue weighted by molar-refractivity contribution is 5.33. The fraction of sp³-hybridized carbons (Fsp3) is 0.600. The summed E-state index contributed by atoms with van der Waals surface area (Å²) in [5.74, 6) is 0.196. The van der Waals surface area contributed by atoms with Gasteiger partial charge in [-0.3, -0.25) is 0 Å². The molecule has 116 valence electrons. The summed E-state index contributed by atoms with van der Waals surface area (Å²) in [4.78, 5) is 2.39. The predicted octanol–water partition coefficient (Wildman–Crippen LogP) is 3.59. The molecule has 6 heteroatoms. The molecule has 2 atom stereocenters. The summed E-state index contributed by atoms with van der Waals surface area (Å²) in [6.07, 6.45) is -0.393. The van der Waals surface area contributed by atoms with Gasteiger partial charge in [0.2, 0.25) is 0 Å². The lowest BCUT2D eigenvalue weighted by atomic mass is 10.0. The van der Waals surface area contributed by atoms with Gasteiger partial charge in [-0.1, -0.05) is 6.07 Å². The van der Waals surface area contributed by atoms with Crippen molar-refractivity contribution in [3.8, 4) is 11.5 Å². The predicted molar refractivity (Wildman–Crippen MR) is 71.3 cm³/mol. The van der Waals surface area contributed by atoms with Crippen LogP contribution in [-0.4, -0.2) is 36.5 Å². The zero-order chi connectivity index (χ0) is 15.0. The van der Waals surface area contributed by atoms with Gasteiger partial charge in [0.25, 0.3) is 0 Å². The Morgan fingerprint density at radius 1 is 1.10 bits per heavy atom. The minimum absolute atomic E-state index is 0.0693. The van der Waals surface area contributed by atoms with Crippen molar-refractivity contribution < 1.29 is 22.6 Å². The number of alkyl halides is 3. The lowest BCUT2D eigenvalue weighted by Gasteiger charge is -2.36. The zero-order valence-electron chi connectivity index (χ0n) is 11.8. The molecule has 2 fully saturated rings. The minimum Gasteiger partial charge on any atom is -0.490 e. The molecule has 2 aliphatic rings. The van der Waals surface area contributed by atoms with Gasteiger partial charge >= 0.3 is 6.36 Å². The molecule has 0 amide bonds. The number of hydrogen-bond donors (Lipinski definition) is 0. The molecule has 0 aliphatic carbocycles. The van der Waals surface area contributed by atoms with E-state index >= 15 is 0 Å². The van der Waals surface area contributed by atoms with Crippen LogP contribution in [0.5, 0.6) is 11.5 Å². The van der Waals surface area contributed by atoms with Crippen LogP contribution in [0.1, 0.15) is 25.7 Å². The normalized spacial score (nSPS) is 29.4. The van der Waals surface area contributed by atoms with E-state index in [4.69, 9.17) is 4.74 Å². The van der Waals surface area contributed by atoms with Crippen LogP contribution >= 0.6 is 0 Å². The van der Waals surface area contributed by atoms with Crippen molar-refractivity contribution in [3.05, 3.63) is 24.3 Å². The first kappa shape index (κ1) is 14.5. The van der Waals surface area contributed by atoms with E-state index in [1.54, 1.807) is 6.07 Å². The first-order chi connectivity index (χ1) is 9.90. The Hall–Kier alpha value is -1.43. The standard InChI is InChI=1S/C15H18F3NO2/c1-19-10-5-6-11(19)8-14(7-10)20-12-3-2-4-13(9-12)21-15(16,17)18/h2-4,9-11,14H,5-8H2,1H3. The number of fused-ring (bicyclic) bond motifs is 2. The lowest BCUT2D eigenvalue weighted by molar-refractivity contribution is -0.274. The number of nitrogens with zero attached hydrogens (tertiary/aromatic N) is 1. The van der Waals surface area contributed by atoms with Gasteiger partial charge in [-0.2, -0.15) is 0 Å². The Bertz CT molecular complexity index is 492. The molecule has 3 nitrogen and oxygen atoms in total. The molecule has 0 saturated carbocycles. The highest BCUT2D eigenvalue weighted by Crippen LogP contribution is 2.36. The van der Waals surface area contributed by atoms with Gasteiger partial charge in [-0.25, -0.2) is 0 Å². The van der Waals surface area contributed by atoms with Crippen molar-refractivity contribution in [2.24, 2.45) is 0 Å². The third-order valence-corrected chi connectivity index (χ3v) is 4.40. The number of piperidine rings is 1. The van der Waals surface area contributed by atoms with Gasteiger partial charge in [0.15, 0.2) is 0 Å². The van der Waals surface area contributed by atoms with Crippen LogP contribution in [0.3, 0.4) is 0 Å². The molecule has 0 N–H and O–H groups in total. The van der Waals surface area contributed by atoms with Gasteiger partial charge in [-0.05, 0) is 44.9 Å². The van der Waals surface area contributed by atoms with Crippen molar-refractivity contribution in [2.75, 3.05) is 7.05 Å². The molecule has 21 heavy (non-hydrogen) atoms. The topological polar surface area (TPSA) is 21.7 Å². The molecule has 1 aromatic rings.